The molecule has 130 valence electrons. The van der Waals surface area contributed by atoms with Crippen LogP contribution in [0.4, 0.5) is 0 Å². The van der Waals surface area contributed by atoms with Crippen molar-refractivity contribution in [3.05, 3.63) is 63.6 Å². The molecule has 0 bridgehead atoms. The Morgan fingerprint density at radius 1 is 1.24 bits per heavy atom. The molecular weight excluding hydrogens is 398 g/mol. The third kappa shape index (κ3) is 4.66. The number of amides is 1. The fourth-order valence-corrected chi connectivity index (χ4v) is 4.50. The van der Waals surface area contributed by atoms with E-state index in [1.807, 2.05) is 56.4 Å². The minimum Gasteiger partial charge on any atom is -0.345 e. The maximum absolute atomic E-state index is 12.3. The van der Waals surface area contributed by atoms with Crippen LogP contribution in [0.1, 0.15) is 23.5 Å². The third-order valence-corrected chi connectivity index (χ3v) is 5.76. The van der Waals surface area contributed by atoms with Gasteiger partial charge in [-0.1, -0.05) is 46.3 Å². The second-order valence-corrected chi connectivity index (χ2v) is 8.17. The Labute approximate surface area is 160 Å². The maximum atomic E-state index is 12.3. The topological polar surface area (TPSA) is 46.4 Å². The summed E-state index contributed by atoms with van der Waals surface area (Å²) in [5, 5.41) is 4.13. The maximum Gasteiger partial charge on any atom is 0.275 e. The molecule has 0 saturated heterocycles. The zero-order valence-electron chi connectivity index (χ0n) is 14.3. The predicted molar refractivity (Wildman–Crippen MR) is 106 cm³/mol. The van der Waals surface area contributed by atoms with E-state index in [2.05, 4.69) is 32.3 Å². The SMILES string of the molecule is C[C@H](NC(=O)C[NH+](C)Cc1nc2ccccc2s1)c1ccccc1Br. The van der Waals surface area contributed by atoms with Crippen LogP contribution >= 0.6 is 27.3 Å². The Morgan fingerprint density at radius 3 is 2.72 bits per heavy atom. The first kappa shape index (κ1) is 18.0. The molecule has 3 rings (SSSR count). The van der Waals surface area contributed by atoms with Gasteiger partial charge in [0, 0.05) is 4.47 Å². The lowest BCUT2D eigenvalue weighted by Crippen LogP contribution is -3.08. The largest absolute Gasteiger partial charge is 0.345 e. The number of hydrogen-bond acceptors (Lipinski definition) is 3. The standard InChI is InChI=1S/C19H20BrN3OS/c1-13(14-7-3-4-8-15(14)20)21-18(24)11-23(2)12-19-22-16-9-5-6-10-17(16)25-19/h3-10,13H,11-12H2,1-2H3,(H,21,24)/p+1/t13-/m0/s1. The van der Waals surface area contributed by atoms with E-state index in [0.29, 0.717) is 6.54 Å². The molecule has 2 atom stereocenters. The minimum absolute atomic E-state index is 0.0293. The van der Waals surface area contributed by atoms with Crippen molar-refractivity contribution in [3.63, 3.8) is 0 Å². The van der Waals surface area contributed by atoms with Gasteiger partial charge in [0.1, 0.15) is 11.6 Å². The molecule has 0 spiro atoms. The highest BCUT2D eigenvalue weighted by Gasteiger charge is 2.16. The lowest BCUT2D eigenvalue weighted by Gasteiger charge is -2.17. The molecule has 0 aliphatic heterocycles. The normalized spacial score (nSPS) is 13.6. The summed E-state index contributed by atoms with van der Waals surface area (Å²) in [6.45, 7) is 3.17. The molecule has 6 heteroatoms. The fourth-order valence-electron chi connectivity index (χ4n) is 2.79. The van der Waals surface area contributed by atoms with Crippen LogP contribution in [0.25, 0.3) is 10.2 Å². The summed E-state index contributed by atoms with van der Waals surface area (Å²) in [5.41, 5.74) is 2.11. The molecule has 1 amide bonds. The Morgan fingerprint density at radius 2 is 1.96 bits per heavy atom. The van der Waals surface area contributed by atoms with Crippen molar-refractivity contribution in [3.8, 4) is 0 Å². The zero-order chi connectivity index (χ0) is 17.8. The molecule has 0 aliphatic carbocycles. The van der Waals surface area contributed by atoms with Gasteiger partial charge in [-0.15, -0.1) is 11.3 Å². The molecule has 3 aromatic rings. The summed E-state index contributed by atoms with van der Waals surface area (Å²) in [5.74, 6) is 0.0434. The molecule has 1 heterocycles. The molecule has 0 saturated carbocycles. The van der Waals surface area contributed by atoms with Crippen LogP contribution in [0.2, 0.25) is 0 Å². The van der Waals surface area contributed by atoms with Crippen molar-refractivity contribution in [1.29, 1.82) is 0 Å². The van der Waals surface area contributed by atoms with Crippen LogP contribution in [0, 0.1) is 0 Å². The molecule has 25 heavy (non-hydrogen) atoms. The second kappa shape index (κ2) is 8.08. The van der Waals surface area contributed by atoms with Gasteiger partial charge >= 0.3 is 0 Å². The first-order chi connectivity index (χ1) is 12.0. The van der Waals surface area contributed by atoms with Gasteiger partial charge in [0.05, 0.1) is 23.3 Å². The number of thiazole rings is 1. The van der Waals surface area contributed by atoms with Crippen molar-refractivity contribution >= 4 is 43.4 Å². The van der Waals surface area contributed by atoms with Gasteiger partial charge in [0.25, 0.3) is 5.91 Å². The summed E-state index contributed by atoms with van der Waals surface area (Å²) in [7, 11) is 2.02. The number of halogens is 1. The Hall–Kier alpha value is -1.76. The van der Waals surface area contributed by atoms with E-state index in [1.165, 1.54) is 4.70 Å². The molecule has 2 N–H and O–H groups in total. The first-order valence-electron chi connectivity index (χ1n) is 8.22. The van der Waals surface area contributed by atoms with Gasteiger partial charge in [0.2, 0.25) is 0 Å². The monoisotopic (exact) mass is 418 g/mol. The van der Waals surface area contributed by atoms with Gasteiger partial charge < -0.3 is 10.2 Å². The summed E-state index contributed by atoms with van der Waals surface area (Å²) in [6, 6.07) is 16.1. The number of rotatable bonds is 6. The van der Waals surface area contributed by atoms with Crippen LogP contribution in [0.5, 0.6) is 0 Å². The van der Waals surface area contributed by atoms with E-state index >= 15 is 0 Å². The number of benzene rings is 2. The third-order valence-electron chi connectivity index (χ3n) is 4.00. The Kier molecular flexibility index (Phi) is 5.83. The van der Waals surface area contributed by atoms with E-state index in [-0.39, 0.29) is 11.9 Å². The van der Waals surface area contributed by atoms with Crippen LogP contribution < -0.4 is 10.2 Å². The van der Waals surface area contributed by atoms with Crippen LogP contribution in [-0.2, 0) is 11.3 Å². The van der Waals surface area contributed by atoms with Crippen molar-refractivity contribution in [2.45, 2.75) is 19.5 Å². The molecular formula is C19H21BrN3OS+. The van der Waals surface area contributed by atoms with Crippen LogP contribution in [0.3, 0.4) is 0 Å². The summed E-state index contributed by atoms with van der Waals surface area (Å²) in [6.07, 6.45) is 0. The smallest absolute Gasteiger partial charge is 0.275 e. The number of likely N-dealkylation sites (N-methyl/N-ethyl adjacent to an activating group) is 1. The Bertz CT molecular complexity index is 847. The van der Waals surface area contributed by atoms with E-state index in [4.69, 9.17) is 0 Å². The molecule has 2 aromatic carbocycles. The highest BCUT2D eigenvalue weighted by molar-refractivity contribution is 9.10. The van der Waals surface area contributed by atoms with Gasteiger partial charge in [-0.25, -0.2) is 4.98 Å². The summed E-state index contributed by atoms with van der Waals surface area (Å²) in [4.78, 5) is 18.1. The van der Waals surface area contributed by atoms with Gasteiger partial charge in [-0.05, 0) is 30.7 Å². The molecule has 0 fully saturated rings. The predicted octanol–water partition coefficient (Wildman–Crippen LogP) is 2.95. The van der Waals surface area contributed by atoms with E-state index < -0.39 is 0 Å². The lowest BCUT2D eigenvalue weighted by atomic mass is 10.1. The zero-order valence-corrected chi connectivity index (χ0v) is 16.7. The first-order valence-corrected chi connectivity index (χ1v) is 9.83. The quantitative estimate of drug-likeness (QED) is 0.646. The summed E-state index contributed by atoms with van der Waals surface area (Å²) < 4.78 is 2.20. The number of quaternary nitrogens is 1. The van der Waals surface area contributed by atoms with Gasteiger partial charge in [0.15, 0.2) is 6.54 Å². The molecule has 0 radical (unpaired) electrons. The highest BCUT2D eigenvalue weighted by Crippen LogP contribution is 2.22. The molecule has 0 aliphatic rings. The van der Waals surface area contributed by atoms with Gasteiger partial charge in [-0.3, -0.25) is 4.79 Å². The number of fused-ring (bicyclic) bond motifs is 1. The fraction of sp³-hybridized carbons (Fsp3) is 0.263. The molecule has 4 nitrogen and oxygen atoms in total. The van der Waals surface area contributed by atoms with Crippen molar-refractivity contribution in [2.75, 3.05) is 13.6 Å². The summed E-state index contributed by atoms with van der Waals surface area (Å²) >= 11 is 5.23. The number of hydrogen-bond donors (Lipinski definition) is 2. The number of para-hydroxylation sites is 1. The second-order valence-electron chi connectivity index (χ2n) is 6.20. The highest BCUT2D eigenvalue weighted by atomic mass is 79.9. The molecule has 1 unspecified atom stereocenters. The average molecular weight is 419 g/mol. The number of nitrogens with one attached hydrogen (secondary N) is 2. The van der Waals surface area contributed by atoms with Crippen LogP contribution in [0.15, 0.2) is 53.0 Å². The average Bonchev–Trinajstić information content (AvgIpc) is 2.96. The van der Waals surface area contributed by atoms with Crippen molar-refractivity contribution in [1.82, 2.24) is 10.3 Å². The minimum atomic E-state index is -0.0293. The van der Waals surface area contributed by atoms with Crippen molar-refractivity contribution < 1.29 is 9.69 Å². The number of nitrogens with zero attached hydrogens (tertiary/aromatic N) is 1. The van der Waals surface area contributed by atoms with E-state index in [1.54, 1.807) is 11.3 Å². The van der Waals surface area contributed by atoms with Crippen LogP contribution in [-0.4, -0.2) is 24.5 Å². The lowest BCUT2D eigenvalue weighted by molar-refractivity contribution is -0.885. The number of carbonyl (C=O) groups excluding carboxylic acids is 1. The number of aromatic nitrogens is 1. The Balaban J connectivity index is 1.56. The van der Waals surface area contributed by atoms with E-state index in [0.717, 1.165) is 32.0 Å². The number of carbonyl (C=O) groups is 1. The van der Waals surface area contributed by atoms with E-state index in [9.17, 15) is 4.79 Å². The molecule has 1 aromatic heterocycles. The van der Waals surface area contributed by atoms with Crippen molar-refractivity contribution in [2.24, 2.45) is 0 Å². The van der Waals surface area contributed by atoms with Gasteiger partial charge in [-0.2, -0.15) is 0 Å².